The minimum Gasteiger partial charge on any atom is -0.461 e. The summed E-state index contributed by atoms with van der Waals surface area (Å²) in [7, 11) is 0. The van der Waals surface area contributed by atoms with Gasteiger partial charge in [-0.05, 0) is 102 Å². The van der Waals surface area contributed by atoms with Crippen molar-refractivity contribution in [1.29, 1.82) is 0 Å². The molecule has 0 bridgehead atoms. The summed E-state index contributed by atoms with van der Waals surface area (Å²) in [5.74, 6) is -0.744. The molecule has 212 valence electrons. The predicted molar refractivity (Wildman–Crippen MR) is 151 cm³/mol. The van der Waals surface area contributed by atoms with Crippen LogP contribution in [0, 0.1) is 17.3 Å². The van der Waals surface area contributed by atoms with Gasteiger partial charge in [-0.1, -0.05) is 42.0 Å². The molecule has 0 aromatic heterocycles. The number of allylic oxidation sites excluding steroid dienone is 7. The molecule has 0 heterocycles. The van der Waals surface area contributed by atoms with E-state index in [2.05, 4.69) is 26.5 Å². The summed E-state index contributed by atoms with van der Waals surface area (Å²) in [5, 5.41) is 33.1. The van der Waals surface area contributed by atoms with Gasteiger partial charge in [0, 0.05) is 24.9 Å². The molecule has 3 N–H and O–H groups in total. The largest absolute Gasteiger partial charge is 0.461 e. The lowest BCUT2D eigenvalue weighted by Gasteiger charge is -2.55. The van der Waals surface area contributed by atoms with Crippen molar-refractivity contribution < 1.29 is 29.6 Å². The highest BCUT2D eigenvalue weighted by Crippen LogP contribution is 2.62. The fourth-order valence-corrected chi connectivity index (χ4v) is 6.54. The van der Waals surface area contributed by atoms with Gasteiger partial charge in [-0.25, -0.2) is 0 Å². The lowest BCUT2D eigenvalue weighted by atomic mass is 9.52. The minimum absolute atomic E-state index is 0.0206. The van der Waals surface area contributed by atoms with Crippen LogP contribution in [0.3, 0.4) is 0 Å². The zero-order valence-electron chi connectivity index (χ0n) is 24.0. The summed E-state index contributed by atoms with van der Waals surface area (Å²) < 4.78 is 5.22. The minimum atomic E-state index is -1.11. The molecule has 0 saturated heterocycles. The van der Waals surface area contributed by atoms with E-state index in [9.17, 15) is 24.9 Å². The number of aliphatic hydroxyl groups is 3. The van der Waals surface area contributed by atoms with Crippen molar-refractivity contribution in [2.24, 2.45) is 17.3 Å². The Kier molecular flexibility index (Phi) is 11.9. The van der Waals surface area contributed by atoms with Gasteiger partial charge in [-0.3, -0.25) is 9.59 Å². The summed E-state index contributed by atoms with van der Waals surface area (Å²) in [6.45, 7) is 13.6. The Morgan fingerprint density at radius 3 is 2.53 bits per heavy atom. The summed E-state index contributed by atoms with van der Waals surface area (Å²) in [6.07, 6.45) is 13.1. The van der Waals surface area contributed by atoms with Crippen LogP contribution in [-0.2, 0) is 14.3 Å². The summed E-state index contributed by atoms with van der Waals surface area (Å²) >= 11 is 0. The van der Waals surface area contributed by atoms with Crippen molar-refractivity contribution in [3.05, 3.63) is 58.7 Å². The van der Waals surface area contributed by atoms with E-state index >= 15 is 0 Å². The number of carbonyl (C=O) groups excluding carboxylic acids is 2. The van der Waals surface area contributed by atoms with Crippen molar-refractivity contribution in [2.45, 2.75) is 97.7 Å². The topological polar surface area (TPSA) is 104 Å². The normalized spacial score (nSPS) is 30.9. The van der Waals surface area contributed by atoms with Gasteiger partial charge in [-0.2, -0.15) is 0 Å². The van der Waals surface area contributed by atoms with Crippen LogP contribution in [0.25, 0.3) is 0 Å². The highest BCUT2D eigenvalue weighted by molar-refractivity contribution is 5.74. The van der Waals surface area contributed by atoms with Crippen LogP contribution in [0.2, 0.25) is 0 Å². The molecule has 0 aromatic carbocycles. The van der Waals surface area contributed by atoms with Crippen molar-refractivity contribution in [3.63, 3.8) is 0 Å². The Hall–Kier alpha value is -2.28. The van der Waals surface area contributed by atoms with Gasteiger partial charge in [0.05, 0.1) is 11.7 Å². The first kappa shape index (κ1) is 31.9. The van der Waals surface area contributed by atoms with Gasteiger partial charge in [0.1, 0.15) is 12.9 Å². The predicted octanol–water partition coefficient (Wildman–Crippen LogP) is 5.54. The van der Waals surface area contributed by atoms with E-state index in [-0.39, 0.29) is 31.0 Å². The smallest absolute Gasteiger partial charge is 0.302 e. The zero-order chi connectivity index (χ0) is 28.5. The standard InChI is InChI=1S/C32H48O6/c1-22(2)10-7-12-26(21-38-25(5)35)13-8-11-23(3)28-16-18-32(30(28)36)29(14-9-19-33)27(24(4)20-34)15-17-31(32,6)37/h8,10-11,13,20,28-30,33,36-37H,3,7,9,12,14-19,21H2,1-2,4-6H3/b11-8+,26-13-,27-24-/t28-,29+,30-,31-,32-/m0/s1. The van der Waals surface area contributed by atoms with Gasteiger partial charge >= 0.3 is 5.97 Å². The SMILES string of the molecule is C=C(/C=C/C=C(/CCC=C(C)C)COC(C)=O)[C@@H]1CC[C@]2([C@H](CCCO)/C(=C(/C)C=O)CC[C@]2(C)O)[C@H]1O. The molecule has 0 unspecified atom stereocenters. The van der Waals surface area contributed by atoms with Crippen LogP contribution in [0.1, 0.15) is 86.0 Å². The van der Waals surface area contributed by atoms with Crippen molar-refractivity contribution >= 4 is 12.3 Å². The quantitative estimate of drug-likeness (QED) is 0.101. The molecule has 5 atom stereocenters. The maximum atomic E-state index is 11.8. The summed E-state index contributed by atoms with van der Waals surface area (Å²) in [6, 6.07) is 0. The number of hydrogen-bond acceptors (Lipinski definition) is 6. The molecule has 2 aliphatic rings. The first-order valence-corrected chi connectivity index (χ1v) is 13.9. The molecule has 0 aliphatic heterocycles. The molecule has 38 heavy (non-hydrogen) atoms. The number of esters is 1. The van der Waals surface area contributed by atoms with E-state index < -0.39 is 17.1 Å². The second-order valence-electron chi connectivity index (χ2n) is 11.5. The average Bonchev–Trinajstić information content (AvgIpc) is 3.20. The fraction of sp³-hybridized carbons (Fsp3) is 0.625. The number of aldehydes is 1. The summed E-state index contributed by atoms with van der Waals surface area (Å²) in [4.78, 5) is 23.0. The van der Waals surface area contributed by atoms with E-state index in [1.165, 1.54) is 12.5 Å². The molecule has 2 rings (SSSR count). The molecule has 2 fully saturated rings. The van der Waals surface area contributed by atoms with Gasteiger partial charge in [0.25, 0.3) is 0 Å². The van der Waals surface area contributed by atoms with Gasteiger partial charge in [0.15, 0.2) is 0 Å². The maximum Gasteiger partial charge on any atom is 0.302 e. The maximum absolute atomic E-state index is 11.8. The molecule has 6 nitrogen and oxygen atoms in total. The van der Waals surface area contributed by atoms with Crippen molar-refractivity contribution in [3.8, 4) is 0 Å². The highest BCUT2D eigenvalue weighted by atomic mass is 16.5. The van der Waals surface area contributed by atoms with Crippen molar-refractivity contribution in [2.75, 3.05) is 13.2 Å². The van der Waals surface area contributed by atoms with E-state index in [1.54, 1.807) is 6.92 Å². The molecular weight excluding hydrogens is 480 g/mol. The number of aliphatic hydroxyl groups excluding tert-OH is 2. The molecule has 0 amide bonds. The number of ether oxygens (including phenoxy) is 1. The number of rotatable bonds is 12. The second kappa shape index (κ2) is 14.2. The molecule has 0 radical (unpaired) electrons. The van der Waals surface area contributed by atoms with Crippen LogP contribution in [-0.4, -0.2) is 52.5 Å². The van der Waals surface area contributed by atoms with Crippen LogP contribution >= 0.6 is 0 Å². The van der Waals surface area contributed by atoms with Crippen LogP contribution < -0.4 is 0 Å². The molecule has 1 spiro atoms. The van der Waals surface area contributed by atoms with Crippen LogP contribution in [0.5, 0.6) is 0 Å². The molecular formula is C32H48O6. The zero-order valence-corrected chi connectivity index (χ0v) is 24.0. The average molecular weight is 529 g/mol. The third-order valence-electron chi connectivity index (χ3n) is 8.64. The number of hydrogen-bond donors (Lipinski definition) is 3. The number of carbonyl (C=O) groups is 2. The molecule has 0 aromatic rings. The van der Waals surface area contributed by atoms with Gasteiger partial charge in [-0.15, -0.1) is 0 Å². The molecule has 2 aliphatic carbocycles. The second-order valence-corrected chi connectivity index (χ2v) is 11.5. The van der Waals surface area contributed by atoms with Gasteiger partial charge < -0.3 is 20.1 Å². The Bertz CT molecular complexity index is 978. The Balaban J connectivity index is 2.31. The monoisotopic (exact) mass is 528 g/mol. The van der Waals surface area contributed by atoms with E-state index in [4.69, 9.17) is 4.74 Å². The first-order chi connectivity index (χ1) is 17.9. The first-order valence-electron chi connectivity index (χ1n) is 13.9. The van der Waals surface area contributed by atoms with Crippen LogP contribution in [0.4, 0.5) is 0 Å². The lowest BCUT2D eigenvalue weighted by Crippen LogP contribution is -2.59. The van der Waals surface area contributed by atoms with E-state index in [0.29, 0.717) is 44.1 Å². The van der Waals surface area contributed by atoms with E-state index in [0.717, 1.165) is 35.8 Å². The Morgan fingerprint density at radius 1 is 1.21 bits per heavy atom. The highest BCUT2D eigenvalue weighted by Gasteiger charge is 2.63. The molecule has 2 saturated carbocycles. The third kappa shape index (κ3) is 7.43. The lowest BCUT2D eigenvalue weighted by molar-refractivity contribution is -0.167. The Morgan fingerprint density at radius 2 is 1.92 bits per heavy atom. The third-order valence-corrected chi connectivity index (χ3v) is 8.64. The molecule has 6 heteroatoms. The Labute approximate surface area is 228 Å². The van der Waals surface area contributed by atoms with Crippen LogP contribution in [0.15, 0.2) is 58.7 Å². The van der Waals surface area contributed by atoms with Gasteiger partial charge in [0.2, 0.25) is 0 Å². The van der Waals surface area contributed by atoms with E-state index in [1.807, 2.05) is 25.2 Å². The summed E-state index contributed by atoms with van der Waals surface area (Å²) in [5.41, 5.74) is 2.74. The fourth-order valence-electron chi connectivity index (χ4n) is 6.54. The van der Waals surface area contributed by atoms with Crippen molar-refractivity contribution in [1.82, 2.24) is 0 Å².